The topological polar surface area (TPSA) is 85.8 Å². The molecule has 1 N–H and O–H groups in total. The average molecular weight is 386 g/mol. The fourth-order valence-electron chi connectivity index (χ4n) is 2.96. The Morgan fingerprint density at radius 3 is 2.70 bits per heavy atom. The van der Waals surface area contributed by atoms with Gasteiger partial charge in [-0.1, -0.05) is 25.4 Å². The fourth-order valence-corrected chi connectivity index (χ4v) is 3.09. The molecule has 140 valence electrons. The number of nitrogens with one attached hydrogen (secondary N) is 1. The molecule has 27 heavy (non-hydrogen) atoms. The smallest absolute Gasteiger partial charge is 0.255 e. The van der Waals surface area contributed by atoms with Crippen LogP contribution in [0.2, 0.25) is 5.02 Å². The summed E-state index contributed by atoms with van der Waals surface area (Å²) < 4.78 is 7.36. The Kier molecular flexibility index (Phi) is 4.70. The van der Waals surface area contributed by atoms with E-state index in [1.807, 2.05) is 26.0 Å². The Bertz CT molecular complexity index is 957. The monoisotopic (exact) mass is 385 g/mol. The molecule has 4 rings (SSSR count). The molecule has 0 unspecified atom stereocenters. The highest BCUT2D eigenvalue weighted by Crippen LogP contribution is 2.39. The molecule has 8 heteroatoms. The average Bonchev–Trinajstić information content (AvgIpc) is 3.22. The number of benzene rings is 1. The number of carbonyl (C=O) groups excluding carboxylic acids is 1. The minimum Gasteiger partial charge on any atom is -0.423 e. The van der Waals surface area contributed by atoms with Crippen LogP contribution in [-0.4, -0.2) is 25.9 Å². The van der Waals surface area contributed by atoms with Gasteiger partial charge in [0.15, 0.2) is 0 Å². The van der Waals surface area contributed by atoms with Gasteiger partial charge < -0.3 is 9.73 Å². The van der Waals surface area contributed by atoms with Crippen LogP contribution in [0.25, 0.3) is 5.69 Å². The maximum Gasteiger partial charge on any atom is 0.255 e. The molecule has 7 nitrogen and oxygen atoms in total. The van der Waals surface area contributed by atoms with E-state index in [2.05, 4.69) is 20.6 Å². The van der Waals surface area contributed by atoms with Crippen LogP contribution >= 0.6 is 11.6 Å². The van der Waals surface area contributed by atoms with Gasteiger partial charge in [0.25, 0.3) is 5.91 Å². The maximum absolute atomic E-state index is 12.7. The molecule has 0 atom stereocenters. The van der Waals surface area contributed by atoms with Crippen LogP contribution in [0.4, 0.5) is 0 Å². The van der Waals surface area contributed by atoms with E-state index in [1.54, 1.807) is 23.0 Å². The van der Waals surface area contributed by atoms with Gasteiger partial charge in [-0.2, -0.15) is 5.10 Å². The molecule has 0 spiro atoms. The highest BCUT2D eigenvalue weighted by Gasteiger charge is 2.29. The number of hydrogen-bond acceptors (Lipinski definition) is 5. The van der Waals surface area contributed by atoms with Gasteiger partial charge in [-0.15, -0.1) is 10.2 Å². The Morgan fingerprint density at radius 1 is 1.30 bits per heavy atom. The summed E-state index contributed by atoms with van der Waals surface area (Å²) >= 11 is 5.97. The molecule has 1 saturated carbocycles. The lowest BCUT2D eigenvalue weighted by atomic mass is 10.1. The third-order valence-electron chi connectivity index (χ3n) is 4.48. The van der Waals surface area contributed by atoms with Gasteiger partial charge in [0.2, 0.25) is 11.8 Å². The van der Waals surface area contributed by atoms with E-state index in [0.717, 1.165) is 24.2 Å². The zero-order valence-corrected chi connectivity index (χ0v) is 15.9. The van der Waals surface area contributed by atoms with Crippen LogP contribution < -0.4 is 5.32 Å². The first-order chi connectivity index (χ1) is 13.0. The second-order valence-electron chi connectivity index (χ2n) is 6.98. The summed E-state index contributed by atoms with van der Waals surface area (Å²) in [5.74, 6) is 1.37. The summed E-state index contributed by atoms with van der Waals surface area (Å²) in [6.07, 6.45) is 3.77. The number of nitrogens with zero attached hydrogens (tertiary/aromatic N) is 4. The first-order valence-corrected chi connectivity index (χ1v) is 9.35. The minimum atomic E-state index is -0.218. The Labute approximate surface area is 161 Å². The summed E-state index contributed by atoms with van der Waals surface area (Å²) in [6.45, 7) is 4.25. The van der Waals surface area contributed by atoms with Crippen molar-refractivity contribution in [3.05, 3.63) is 58.5 Å². The SMILES string of the molecule is CC(C)c1c(C(=O)NCc2nnc(C3CC3)o2)cnn1-c1ccc(Cl)cc1. The van der Waals surface area contributed by atoms with Crippen molar-refractivity contribution in [3.8, 4) is 5.69 Å². The van der Waals surface area contributed by atoms with E-state index in [1.165, 1.54) is 0 Å². The first kappa shape index (κ1) is 17.7. The van der Waals surface area contributed by atoms with Gasteiger partial charge in [0, 0.05) is 10.9 Å². The zero-order valence-electron chi connectivity index (χ0n) is 15.1. The van der Waals surface area contributed by atoms with E-state index < -0.39 is 0 Å². The molecule has 1 aliphatic carbocycles. The van der Waals surface area contributed by atoms with Crippen molar-refractivity contribution in [2.75, 3.05) is 0 Å². The number of carbonyl (C=O) groups is 1. The highest BCUT2D eigenvalue weighted by molar-refractivity contribution is 6.30. The van der Waals surface area contributed by atoms with Crippen molar-refractivity contribution in [2.45, 2.75) is 45.1 Å². The second-order valence-corrected chi connectivity index (χ2v) is 7.41. The predicted molar refractivity (Wildman–Crippen MR) is 100 cm³/mol. The van der Waals surface area contributed by atoms with Crippen LogP contribution in [0.5, 0.6) is 0 Å². The van der Waals surface area contributed by atoms with Gasteiger partial charge in [-0.05, 0) is 43.0 Å². The number of rotatable bonds is 6. The summed E-state index contributed by atoms with van der Waals surface area (Å²) in [4.78, 5) is 12.7. The van der Waals surface area contributed by atoms with E-state index in [9.17, 15) is 4.79 Å². The van der Waals surface area contributed by atoms with Crippen molar-refractivity contribution in [3.63, 3.8) is 0 Å². The van der Waals surface area contributed by atoms with Crippen LogP contribution in [0.15, 0.2) is 34.9 Å². The maximum atomic E-state index is 12.7. The van der Waals surface area contributed by atoms with Crippen molar-refractivity contribution < 1.29 is 9.21 Å². The van der Waals surface area contributed by atoms with Gasteiger partial charge >= 0.3 is 0 Å². The van der Waals surface area contributed by atoms with Gasteiger partial charge in [0.05, 0.1) is 29.7 Å². The van der Waals surface area contributed by atoms with Crippen LogP contribution in [0, 0.1) is 0 Å². The molecular formula is C19H20ClN5O2. The summed E-state index contributed by atoms with van der Waals surface area (Å²) in [6, 6.07) is 7.35. The molecule has 1 fully saturated rings. The highest BCUT2D eigenvalue weighted by atomic mass is 35.5. The molecule has 2 aromatic heterocycles. The van der Waals surface area contributed by atoms with Crippen molar-refractivity contribution in [2.24, 2.45) is 0 Å². The number of aromatic nitrogens is 4. The third kappa shape index (κ3) is 3.73. The lowest BCUT2D eigenvalue weighted by Crippen LogP contribution is -2.24. The summed E-state index contributed by atoms with van der Waals surface area (Å²) in [5, 5.41) is 15.9. The molecule has 0 saturated heterocycles. The van der Waals surface area contributed by atoms with E-state index >= 15 is 0 Å². The predicted octanol–water partition coefficient (Wildman–Crippen LogP) is 3.84. The molecule has 1 amide bonds. The lowest BCUT2D eigenvalue weighted by molar-refractivity contribution is 0.0945. The second kappa shape index (κ2) is 7.15. The fraction of sp³-hybridized carbons (Fsp3) is 0.368. The molecule has 0 radical (unpaired) electrons. The van der Waals surface area contributed by atoms with E-state index in [0.29, 0.717) is 28.3 Å². The largest absolute Gasteiger partial charge is 0.423 e. The van der Waals surface area contributed by atoms with Crippen molar-refractivity contribution in [1.82, 2.24) is 25.3 Å². The molecule has 1 aliphatic rings. The van der Waals surface area contributed by atoms with Gasteiger partial charge in [-0.25, -0.2) is 4.68 Å². The Balaban J connectivity index is 1.53. The standard InChI is InChI=1S/C19H20ClN5O2/c1-11(2)17-15(9-22-25(17)14-7-5-13(20)6-8-14)18(26)21-10-16-23-24-19(27-16)12-3-4-12/h5-9,11-12H,3-4,10H2,1-2H3,(H,21,26). The summed E-state index contributed by atoms with van der Waals surface area (Å²) in [5.41, 5.74) is 2.22. The number of hydrogen-bond donors (Lipinski definition) is 1. The van der Waals surface area contributed by atoms with Crippen LogP contribution in [-0.2, 0) is 6.54 Å². The van der Waals surface area contributed by atoms with Crippen molar-refractivity contribution >= 4 is 17.5 Å². The minimum absolute atomic E-state index is 0.105. The molecule has 0 aliphatic heterocycles. The van der Waals surface area contributed by atoms with Crippen molar-refractivity contribution in [1.29, 1.82) is 0 Å². The molecule has 0 bridgehead atoms. The molecule has 1 aromatic carbocycles. The van der Waals surface area contributed by atoms with Crippen LogP contribution in [0.1, 0.15) is 66.4 Å². The van der Waals surface area contributed by atoms with E-state index in [4.69, 9.17) is 16.0 Å². The Hall–Kier alpha value is -2.67. The number of amides is 1. The quantitative estimate of drug-likeness (QED) is 0.696. The lowest BCUT2D eigenvalue weighted by Gasteiger charge is -2.12. The van der Waals surface area contributed by atoms with Crippen LogP contribution in [0.3, 0.4) is 0 Å². The zero-order chi connectivity index (χ0) is 19.0. The van der Waals surface area contributed by atoms with E-state index in [-0.39, 0.29) is 18.4 Å². The normalized spacial score (nSPS) is 13.9. The molecular weight excluding hydrogens is 366 g/mol. The van der Waals surface area contributed by atoms with Gasteiger partial charge in [-0.3, -0.25) is 4.79 Å². The Morgan fingerprint density at radius 2 is 2.04 bits per heavy atom. The molecule has 3 aromatic rings. The third-order valence-corrected chi connectivity index (χ3v) is 4.73. The summed E-state index contributed by atoms with van der Waals surface area (Å²) in [7, 11) is 0. The molecule has 2 heterocycles. The first-order valence-electron chi connectivity index (χ1n) is 8.97. The number of halogens is 1. The van der Waals surface area contributed by atoms with Gasteiger partial charge in [0.1, 0.15) is 0 Å².